The molecule has 1 aromatic carbocycles. The average Bonchev–Trinajstić information content (AvgIpc) is 2.51. The van der Waals surface area contributed by atoms with Crippen LogP contribution >= 0.6 is 11.8 Å². The number of benzene rings is 1. The van der Waals surface area contributed by atoms with Crippen LogP contribution in [-0.2, 0) is 11.3 Å². The van der Waals surface area contributed by atoms with Crippen LogP contribution in [0.4, 0.5) is 0 Å². The summed E-state index contributed by atoms with van der Waals surface area (Å²) in [6.07, 6.45) is 3.65. The molecule has 0 saturated heterocycles. The van der Waals surface area contributed by atoms with E-state index in [-0.39, 0.29) is 5.91 Å². The molecule has 0 fully saturated rings. The second kappa shape index (κ2) is 9.68. The minimum atomic E-state index is -0.418. The van der Waals surface area contributed by atoms with E-state index in [1.54, 1.807) is 18.9 Å². The van der Waals surface area contributed by atoms with Crippen LogP contribution < -0.4 is 10.5 Å². The van der Waals surface area contributed by atoms with Gasteiger partial charge >= 0.3 is 0 Å². The zero-order valence-corrected chi connectivity index (χ0v) is 14.0. The van der Waals surface area contributed by atoms with Crippen molar-refractivity contribution >= 4 is 17.7 Å². The van der Waals surface area contributed by atoms with E-state index < -0.39 is 6.04 Å². The molecule has 0 aromatic heterocycles. The zero-order chi connectivity index (χ0) is 15.7. The first kappa shape index (κ1) is 17.9. The molecule has 1 rings (SSSR count). The number of thioether (sulfide) groups is 1. The minimum Gasteiger partial charge on any atom is -0.496 e. The standard InChI is InChI=1S/C16H26N2O2S/c1-4-10-18(16(19)14(17)9-11-21-3)12-13-7-5-6-8-15(13)20-2/h5-8,14H,4,9-12,17H2,1-3H3/t14-/m0/s1. The number of carbonyl (C=O) groups is 1. The van der Waals surface area contributed by atoms with Crippen molar-refractivity contribution in [1.82, 2.24) is 4.90 Å². The number of nitrogens with zero attached hydrogens (tertiary/aromatic N) is 1. The van der Waals surface area contributed by atoms with Crippen molar-refractivity contribution in [2.24, 2.45) is 5.73 Å². The SMILES string of the molecule is CCCN(Cc1ccccc1OC)C(=O)[C@@H](N)CCSC. The Kier molecular flexibility index (Phi) is 8.23. The predicted octanol–water partition coefficient (Wildman–Crippen LogP) is 2.51. The topological polar surface area (TPSA) is 55.6 Å². The molecule has 1 amide bonds. The Morgan fingerprint density at radius 2 is 2.14 bits per heavy atom. The molecule has 0 unspecified atom stereocenters. The maximum absolute atomic E-state index is 12.5. The number of hydrogen-bond acceptors (Lipinski definition) is 4. The molecule has 1 aromatic rings. The molecule has 118 valence electrons. The summed E-state index contributed by atoms with van der Waals surface area (Å²) < 4.78 is 5.36. The zero-order valence-electron chi connectivity index (χ0n) is 13.2. The Morgan fingerprint density at radius 1 is 1.43 bits per heavy atom. The molecule has 21 heavy (non-hydrogen) atoms. The fraction of sp³-hybridized carbons (Fsp3) is 0.562. The van der Waals surface area contributed by atoms with Crippen molar-refractivity contribution < 1.29 is 9.53 Å². The van der Waals surface area contributed by atoms with E-state index in [9.17, 15) is 4.79 Å². The van der Waals surface area contributed by atoms with Crippen LogP contribution in [-0.4, -0.2) is 42.5 Å². The fourth-order valence-electron chi connectivity index (χ4n) is 2.18. The lowest BCUT2D eigenvalue weighted by molar-refractivity contribution is -0.133. The van der Waals surface area contributed by atoms with Crippen molar-refractivity contribution in [3.8, 4) is 5.75 Å². The summed E-state index contributed by atoms with van der Waals surface area (Å²) in [6, 6.07) is 7.37. The van der Waals surface area contributed by atoms with Crippen LogP contribution in [0.25, 0.3) is 0 Å². The molecule has 0 spiro atoms. The monoisotopic (exact) mass is 310 g/mol. The van der Waals surface area contributed by atoms with Crippen LogP contribution in [0.1, 0.15) is 25.3 Å². The lowest BCUT2D eigenvalue weighted by atomic mass is 10.1. The third-order valence-electron chi connectivity index (χ3n) is 3.31. The molecule has 0 aliphatic carbocycles. The molecule has 5 heteroatoms. The lowest BCUT2D eigenvalue weighted by Gasteiger charge is -2.26. The third kappa shape index (κ3) is 5.59. The van der Waals surface area contributed by atoms with Crippen LogP contribution in [0.15, 0.2) is 24.3 Å². The van der Waals surface area contributed by atoms with Crippen LogP contribution in [0.2, 0.25) is 0 Å². The number of hydrogen-bond donors (Lipinski definition) is 1. The molecule has 0 aliphatic rings. The number of methoxy groups -OCH3 is 1. The van der Waals surface area contributed by atoms with Gasteiger partial charge in [-0.2, -0.15) is 11.8 Å². The van der Waals surface area contributed by atoms with Crippen molar-refractivity contribution in [2.75, 3.05) is 25.7 Å². The Labute approximate surface area is 132 Å². The van der Waals surface area contributed by atoms with Gasteiger partial charge < -0.3 is 15.4 Å². The molecule has 2 N–H and O–H groups in total. The fourth-order valence-corrected chi connectivity index (χ4v) is 2.67. The van der Waals surface area contributed by atoms with Crippen molar-refractivity contribution in [2.45, 2.75) is 32.4 Å². The molecule has 4 nitrogen and oxygen atoms in total. The number of ether oxygens (including phenoxy) is 1. The van der Waals surface area contributed by atoms with E-state index >= 15 is 0 Å². The largest absolute Gasteiger partial charge is 0.496 e. The van der Waals surface area contributed by atoms with E-state index in [1.165, 1.54) is 0 Å². The number of rotatable bonds is 9. The van der Waals surface area contributed by atoms with Gasteiger partial charge in [0, 0.05) is 18.7 Å². The summed E-state index contributed by atoms with van der Waals surface area (Å²) in [4.78, 5) is 14.3. The van der Waals surface area contributed by atoms with Crippen molar-refractivity contribution in [3.63, 3.8) is 0 Å². The minimum absolute atomic E-state index is 0.0248. The summed E-state index contributed by atoms with van der Waals surface area (Å²) in [7, 11) is 1.65. The smallest absolute Gasteiger partial charge is 0.239 e. The van der Waals surface area contributed by atoms with Crippen LogP contribution in [0, 0.1) is 0 Å². The van der Waals surface area contributed by atoms with E-state index in [0.29, 0.717) is 19.5 Å². The highest BCUT2D eigenvalue weighted by Crippen LogP contribution is 2.20. The summed E-state index contributed by atoms with van der Waals surface area (Å²) in [5, 5.41) is 0. The molecule has 0 bridgehead atoms. The highest BCUT2D eigenvalue weighted by molar-refractivity contribution is 7.98. The summed E-state index contributed by atoms with van der Waals surface area (Å²) >= 11 is 1.71. The molecular formula is C16H26N2O2S. The second-order valence-corrected chi connectivity index (χ2v) is 5.95. The second-order valence-electron chi connectivity index (χ2n) is 4.96. The molecule has 0 saturated carbocycles. The summed E-state index contributed by atoms with van der Waals surface area (Å²) in [5.74, 6) is 1.74. The maximum Gasteiger partial charge on any atom is 0.239 e. The van der Waals surface area contributed by atoms with E-state index in [0.717, 1.165) is 23.5 Å². The van der Waals surface area contributed by atoms with Gasteiger partial charge in [0.15, 0.2) is 0 Å². The lowest BCUT2D eigenvalue weighted by Crippen LogP contribution is -2.44. The van der Waals surface area contributed by atoms with Gasteiger partial charge in [-0.1, -0.05) is 25.1 Å². The maximum atomic E-state index is 12.5. The van der Waals surface area contributed by atoms with Gasteiger partial charge in [0.2, 0.25) is 5.91 Å². The number of carbonyl (C=O) groups excluding carboxylic acids is 1. The van der Waals surface area contributed by atoms with Crippen LogP contribution in [0.5, 0.6) is 5.75 Å². The Bertz CT molecular complexity index is 440. The molecule has 0 heterocycles. The van der Waals surface area contributed by atoms with Crippen molar-refractivity contribution in [3.05, 3.63) is 29.8 Å². The average molecular weight is 310 g/mol. The summed E-state index contributed by atoms with van der Waals surface area (Å²) in [6.45, 7) is 3.32. The molecular weight excluding hydrogens is 284 g/mol. The molecule has 0 aliphatic heterocycles. The Balaban J connectivity index is 2.79. The Hall–Kier alpha value is -1.20. The van der Waals surface area contributed by atoms with Crippen LogP contribution in [0.3, 0.4) is 0 Å². The first-order valence-electron chi connectivity index (χ1n) is 7.29. The van der Waals surface area contributed by atoms with Gasteiger partial charge in [-0.15, -0.1) is 0 Å². The molecule has 1 atom stereocenters. The van der Waals surface area contributed by atoms with E-state index in [1.807, 2.05) is 35.4 Å². The quantitative estimate of drug-likeness (QED) is 0.761. The Morgan fingerprint density at radius 3 is 2.76 bits per heavy atom. The number of nitrogens with two attached hydrogens (primary N) is 1. The van der Waals surface area contributed by atoms with Gasteiger partial charge in [-0.25, -0.2) is 0 Å². The summed E-state index contributed by atoms with van der Waals surface area (Å²) in [5.41, 5.74) is 7.04. The third-order valence-corrected chi connectivity index (χ3v) is 3.95. The van der Waals surface area contributed by atoms with E-state index in [2.05, 4.69) is 6.92 Å². The molecule has 0 radical (unpaired) electrons. The number of amides is 1. The van der Waals surface area contributed by atoms with Gasteiger partial charge in [-0.05, 0) is 30.9 Å². The highest BCUT2D eigenvalue weighted by atomic mass is 32.2. The number of para-hydroxylation sites is 1. The first-order valence-corrected chi connectivity index (χ1v) is 8.68. The predicted molar refractivity (Wildman–Crippen MR) is 89.7 cm³/mol. The highest BCUT2D eigenvalue weighted by Gasteiger charge is 2.21. The van der Waals surface area contributed by atoms with E-state index in [4.69, 9.17) is 10.5 Å². The van der Waals surface area contributed by atoms with Gasteiger partial charge in [0.1, 0.15) is 5.75 Å². The van der Waals surface area contributed by atoms with Crippen molar-refractivity contribution in [1.29, 1.82) is 0 Å². The van der Waals surface area contributed by atoms with Gasteiger partial charge in [0.25, 0.3) is 0 Å². The normalized spacial score (nSPS) is 12.0. The first-order chi connectivity index (χ1) is 10.1. The van der Waals surface area contributed by atoms with Gasteiger partial charge in [0.05, 0.1) is 13.2 Å². The van der Waals surface area contributed by atoms with Gasteiger partial charge in [-0.3, -0.25) is 4.79 Å².